The molecule has 1 unspecified atom stereocenters. The Kier molecular flexibility index (Phi) is 14.7. The average molecular weight is 399 g/mol. The zero-order valence-corrected chi connectivity index (χ0v) is 20.4. The Morgan fingerprint density at radius 3 is 1.96 bits per heavy atom. The molecule has 0 aromatic heterocycles. The van der Waals surface area contributed by atoms with E-state index in [-0.39, 0.29) is 16.9 Å². The van der Waals surface area contributed by atoms with Crippen molar-refractivity contribution in [2.45, 2.75) is 141 Å². The van der Waals surface area contributed by atoms with Gasteiger partial charge in [0.05, 0.1) is 14.2 Å². The molecule has 0 bridgehead atoms. The molecule has 0 amide bonds. The third-order valence-electron chi connectivity index (χ3n) is 6.58. The number of unbranched alkanes of at least 4 members (excludes halogenated alkanes) is 8. The minimum atomic E-state index is -1.60. The summed E-state index contributed by atoms with van der Waals surface area (Å²) in [5.41, 5.74) is -0.0752. The summed E-state index contributed by atoms with van der Waals surface area (Å²) in [7, 11) is -1.60. The first-order valence-electron chi connectivity index (χ1n) is 11.6. The van der Waals surface area contributed by atoms with Gasteiger partial charge in [-0.25, -0.2) is 0 Å². The van der Waals surface area contributed by atoms with E-state index in [1.54, 1.807) is 0 Å². The van der Waals surface area contributed by atoms with E-state index in [0.717, 1.165) is 38.5 Å². The predicted molar refractivity (Wildman–Crippen MR) is 124 cm³/mol. The number of rotatable bonds is 16. The van der Waals surface area contributed by atoms with Crippen LogP contribution in [0.3, 0.4) is 0 Å². The van der Waals surface area contributed by atoms with Crippen molar-refractivity contribution in [1.82, 2.24) is 0 Å². The Morgan fingerprint density at radius 1 is 0.778 bits per heavy atom. The fraction of sp³-hybridized carbons (Fsp3) is 0.917. The lowest BCUT2D eigenvalue weighted by Gasteiger charge is -2.40. The molecule has 0 fully saturated rings. The van der Waals surface area contributed by atoms with Gasteiger partial charge in [0, 0.05) is 5.73 Å². The van der Waals surface area contributed by atoms with Crippen molar-refractivity contribution in [2.75, 3.05) is 0 Å². The Balaban J connectivity index is 3.59. The second-order valence-electron chi connectivity index (χ2n) is 10.0. The van der Waals surface area contributed by atoms with Crippen LogP contribution in [-0.4, -0.2) is 30.1 Å². The van der Waals surface area contributed by atoms with Crippen LogP contribution in [0.1, 0.15) is 111 Å². The third kappa shape index (κ3) is 12.9. The highest BCUT2D eigenvalue weighted by Gasteiger charge is 2.40. The monoisotopic (exact) mass is 398 g/mol. The van der Waals surface area contributed by atoms with E-state index in [9.17, 15) is 10.2 Å². The van der Waals surface area contributed by atoms with Crippen molar-refractivity contribution in [3.63, 3.8) is 0 Å². The van der Waals surface area contributed by atoms with Crippen molar-refractivity contribution in [3.8, 4) is 0 Å². The summed E-state index contributed by atoms with van der Waals surface area (Å²) in [5.74, 6) is 0. The van der Waals surface area contributed by atoms with Crippen LogP contribution >= 0.6 is 0 Å². The van der Waals surface area contributed by atoms with E-state index in [0.29, 0.717) is 0 Å². The summed E-state index contributed by atoms with van der Waals surface area (Å²) in [6.45, 7) is 13.7. The molecule has 0 aromatic carbocycles. The number of allylic oxidation sites excluding steroid dienone is 1. The van der Waals surface area contributed by atoms with Gasteiger partial charge in [0.2, 0.25) is 0 Å². The van der Waals surface area contributed by atoms with E-state index in [1.165, 1.54) is 44.9 Å². The van der Waals surface area contributed by atoms with Crippen molar-refractivity contribution in [1.29, 1.82) is 0 Å². The standard InChI is InChI=1S/C24H50O2Si/c1-7-8-9-16-19-22(25)20-17-14-12-10-11-13-15-18-21-23(26)27(5,6)24(2,3)4/h14,17,22-23,25-26H,7-13,15-16,18-21H2,1-6H3/b17-14-/t22?,23-/m1/s1. The molecule has 2 N–H and O–H groups in total. The number of aliphatic hydroxyl groups excluding tert-OH is 2. The van der Waals surface area contributed by atoms with E-state index < -0.39 is 8.07 Å². The van der Waals surface area contributed by atoms with Gasteiger partial charge in [-0.15, -0.1) is 0 Å². The van der Waals surface area contributed by atoms with Crippen LogP contribution < -0.4 is 0 Å². The van der Waals surface area contributed by atoms with Crippen LogP contribution in [0.2, 0.25) is 18.1 Å². The lowest BCUT2D eigenvalue weighted by atomic mass is 10.1. The first-order chi connectivity index (χ1) is 12.6. The van der Waals surface area contributed by atoms with Crippen LogP contribution in [0, 0.1) is 0 Å². The Bertz CT molecular complexity index is 371. The Hall–Kier alpha value is -0.123. The summed E-state index contributed by atoms with van der Waals surface area (Å²) in [5, 5.41) is 20.8. The maximum Gasteiger partial charge on any atom is 0.0864 e. The van der Waals surface area contributed by atoms with Gasteiger partial charge < -0.3 is 10.2 Å². The Labute approximate surface area is 171 Å². The van der Waals surface area contributed by atoms with Gasteiger partial charge in [-0.1, -0.05) is 104 Å². The summed E-state index contributed by atoms with van der Waals surface area (Å²) in [4.78, 5) is 0. The fourth-order valence-corrected chi connectivity index (χ4v) is 5.21. The third-order valence-corrected chi connectivity index (χ3v) is 12.4. The van der Waals surface area contributed by atoms with Crippen molar-refractivity contribution in [2.24, 2.45) is 0 Å². The molecule has 0 heterocycles. The minimum Gasteiger partial charge on any atom is -0.397 e. The van der Waals surface area contributed by atoms with E-state index in [1.807, 2.05) is 0 Å². The molecule has 0 aliphatic carbocycles. The second-order valence-corrected chi connectivity index (χ2v) is 15.7. The van der Waals surface area contributed by atoms with Crippen LogP contribution in [0.15, 0.2) is 12.2 Å². The van der Waals surface area contributed by atoms with E-state index in [2.05, 4.69) is 52.9 Å². The topological polar surface area (TPSA) is 40.5 Å². The molecule has 0 aliphatic rings. The van der Waals surface area contributed by atoms with Crippen LogP contribution in [0.5, 0.6) is 0 Å². The predicted octanol–water partition coefficient (Wildman–Crippen LogP) is 7.40. The van der Waals surface area contributed by atoms with Gasteiger partial charge in [-0.2, -0.15) is 0 Å². The summed E-state index contributed by atoms with van der Waals surface area (Å²) in [6.07, 6.45) is 19.3. The number of hydrogen-bond acceptors (Lipinski definition) is 2. The van der Waals surface area contributed by atoms with Crippen molar-refractivity contribution < 1.29 is 10.2 Å². The minimum absolute atomic E-state index is 0.0752. The molecular weight excluding hydrogens is 348 g/mol. The molecule has 162 valence electrons. The molecule has 0 aromatic rings. The largest absolute Gasteiger partial charge is 0.397 e. The van der Waals surface area contributed by atoms with Crippen LogP contribution in [0.25, 0.3) is 0 Å². The smallest absolute Gasteiger partial charge is 0.0864 e. The molecular formula is C24H50O2Si. The molecule has 0 spiro atoms. The van der Waals surface area contributed by atoms with Crippen molar-refractivity contribution >= 4 is 8.07 Å². The summed E-state index contributed by atoms with van der Waals surface area (Å²) >= 11 is 0. The van der Waals surface area contributed by atoms with Crippen LogP contribution in [0.4, 0.5) is 0 Å². The molecule has 0 saturated carbocycles. The van der Waals surface area contributed by atoms with E-state index in [4.69, 9.17) is 0 Å². The number of aliphatic hydroxyl groups is 2. The first kappa shape index (κ1) is 26.9. The molecule has 0 saturated heterocycles. The maximum atomic E-state index is 10.6. The van der Waals surface area contributed by atoms with Crippen molar-refractivity contribution in [3.05, 3.63) is 12.2 Å². The zero-order valence-electron chi connectivity index (χ0n) is 19.4. The lowest BCUT2D eigenvalue weighted by molar-refractivity contribution is 0.163. The molecule has 3 heteroatoms. The van der Waals surface area contributed by atoms with Gasteiger partial charge >= 0.3 is 0 Å². The van der Waals surface area contributed by atoms with Gasteiger partial charge in [0.15, 0.2) is 0 Å². The van der Waals surface area contributed by atoms with E-state index >= 15 is 0 Å². The SMILES string of the molecule is CCCCCCC(O)C/C=C\CCCCCCC[C@H](O)[Si](C)(C)C(C)(C)C. The molecule has 0 radical (unpaired) electrons. The highest BCUT2D eigenvalue weighted by molar-refractivity contribution is 6.81. The second kappa shape index (κ2) is 14.8. The van der Waals surface area contributed by atoms with Crippen LogP contribution in [-0.2, 0) is 0 Å². The lowest BCUT2D eigenvalue weighted by Crippen LogP contribution is -2.49. The van der Waals surface area contributed by atoms with Gasteiger partial charge in [-0.05, 0) is 37.1 Å². The molecule has 0 aliphatic heterocycles. The number of hydrogen-bond donors (Lipinski definition) is 2. The highest BCUT2D eigenvalue weighted by atomic mass is 28.3. The average Bonchev–Trinajstić information content (AvgIpc) is 2.59. The zero-order chi connectivity index (χ0) is 20.8. The quantitative estimate of drug-likeness (QED) is 0.161. The highest BCUT2D eigenvalue weighted by Crippen LogP contribution is 2.39. The van der Waals surface area contributed by atoms with Gasteiger partial charge in [-0.3, -0.25) is 0 Å². The molecule has 2 nitrogen and oxygen atoms in total. The maximum absolute atomic E-state index is 10.6. The summed E-state index contributed by atoms with van der Waals surface area (Å²) in [6, 6.07) is 0. The normalized spacial score (nSPS) is 15.4. The molecule has 2 atom stereocenters. The molecule has 0 rings (SSSR count). The van der Waals surface area contributed by atoms with Gasteiger partial charge in [0.1, 0.15) is 0 Å². The fourth-order valence-electron chi connectivity index (χ4n) is 3.29. The first-order valence-corrected chi connectivity index (χ1v) is 14.7. The molecule has 27 heavy (non-hydrogen) atoms. The van der Waals surface area contributed by atoms with Gasteiger partial charge in [0.25, 0.3) is 0 Å². The summed E-state index contributed by atoms with van der Waals surface area (Å²) < 4.78 is 0. The Morgan fingerprint density at radius 2 is 1.33 bits per heavy atom.